The SMILES string of the molecule is CCN(CC)C(=O)c1cc(-c2ccc(C=O)cc2)sc1I. The summed E-state index contributed by atoms with van der Waals surface area (Å²) in [5, 5.41) is 0. The highest BCUT2D eigenvalue weighted by molar-refractivity contribution is 14.1. The number of carbonyl (C=O) groups excluding carboxylic acids is 2. The van der Waals surface area contributed by atoms with Gasteiger partial charge >= 0.3 is 0 Å². The number of nitrogens with zero attached hydrogens (tertiary/aromatic N) is 1. The lowest BCUT2D eigenvalue weighted by atomic mass is 10.1. The number of rotatable bonds is 5. The lowest BCUT2D eigenvalue weighted by Crippen LogP contribution is -2.30. The van der Waals surface area contributed by atoms with Crippen LogP contribution in [0.4, 0.5) is 0 Å². The number of thiophene rings is 1. The van der Waals surface area contributed by atoms with Crippen molar-refractivity contribution in [2.24, 2.45) is 0 Å². The van der Waals surface area contributed by atoms with Crippen LogP contribution >= 0.6 is 33.9 Å². The van der Waals surface area contributed by atoms with E-state index in [1.54, 1.807) is 23.5 Å². The van der Waals surface area contributed by atoms with Gasteiger partial charge in [0.2, 0.25) is 0 Å². The van der Waals surface area contributed by atoms with Crippen molar-refractivity contribution in [1.82, 2.24) is 4.90 Å². The third-order valence-electron chi connectivity index (χ3n) is 3.30. The lowest BCUT2D eigenvalue weighted by molar-refractivity contribution is 0.0772. The second kappa shape index (κ2) is 7.17. The number of carbonyl (C=O) groups is 2. The first-order chi connectivity index (χ1) is 10.1. The summed E-state index contributed by atoms with van der Waals surface area (Å²) in [4.78, 5) is 26.0. The van der Waals surface area contributed by atoms with E-state index in [-0.39, 0.29) is 5.91 Å². The Morgan fingerprint density at radius 2 is 1.86 bits per heavy atom. The first-order valence-electron chi connectivity index (χ1n) is 6.74. The van der Waals surface area contributed by atoms with Crippen molar-refractivity contribution in [3.63, 3.8) is 0 Å². The smallest absolute Gasteiger partial charge is 0.255 e. The normalized spacial score (nSPS) is 10.4. The summed E-state index contributed by atoms with van der Waals surface area (Å²) in [6.45, 7) is 5.40. The van der Waals surface area contributed by atoms with E-state index in [1.165, 1.54) is 0 Å². The van der Waals surface area contributed by atoms with Gasteiger partial charge in [-0.1, -0.05) is 24.3 Å². The molecule has 1 aromatic heterocycles. The molecule has 0 radical (unpaired) electrons. The number of benzene rings is 1. The summed E-state index contributed by atoms with van der Waals surface area (Å²) in [7, 11) is 0. The molecule has 1 amide bonds. The molecule has 2 aromatic rings. The van der Waals surface area contributed by atoms with Gasteiger partial charge < -0.3 is 4.90 Å². The van der Waals surface area contributed by atoms with Crippen LogP contribution in [-0.2, 0) is 0 Å². The van der Waals surface area contributed by atoms with Gasteiger partial charge in [-0.05, 0) is 48.1 Å². The van der Waals surface area contributed by atoms with Gasteiger partial charge in [0.1, 0.15) is 6.29 Å². The Hall–Kier alpha value is -1.21. The molecular weight excluding hydrogens is 397 g/mol. The highest BCUT2D eigenvalue weighted by Gasteiger charge is 2.19. The molecule has 110 valence electrons. The molecule has 0 aliphatic rings. The number of halogens is 1. The van der Waals surface area contributed by atoms with Gasteiger partial charge in [0.15, 0.2) is 0 Å². The Morgan fingerprint density at radius 1 is 1.24 bits per heavy atom. The van der Waals surface area contributed by atoms with Crippen LogP contribution in [-0.4, -0.2) is 30.2 Å². The van der Waals surface area contributed by atoms with E-state index < -0.39 is 0 Å². The molecule has 0 aliphatic carbocycles. The highest BCUT2D eigenvalue weighted by atomic mass is 127. The van der Waals surface area contributed by atoms with Crippen LogP contribution in [0.25, 0.3) is 10.4 Å². The highest BCUT2D eigenvalue weighted by Crippen LogP contribution is 2.33. The van der Waals surface area contributed by atoms with Crippen molar-refractivity contribution in [2.45, 2.75) is 13.8 Å². The Morgan fingerprint density at radius 3 is 2.38 bits per heavy atom. The van der Waals surface area contributed by atoms with Crippen LogP contribution in [0.2, 0.25) is 0 Å². The predicted octanol–water partition coefficient (Wildman–Crippen LogP) is 4.31. The number of hydrogen-bond donors (Lipinski definition) is 0. The maximum absolute atomic E-state index is 12.5. The fourth-order valence-corrected chi connectivity index (χ4v) is 4.04. The standard InChI is InChI=1S/C16H16INO2S/c1-3-18(4-2)16(20)13-9-14(21-15(13)17)12-7-5-11(10-19)6-8-12/h5-10H,3-4H2,1-2H3. The van der Waals surface area contributed by atoms with E-state index in [0.29, 0.717) is 18.7 Å². The average molecular weight is 413 g/mol. The summed E-state index contributed by atoms with van der Waals surface area (Å²) < 4.78 is 0.999. The van der Waals surface area contributed by atoms with E-state index in [9.17, 15) is 9.59 Å². The van der Waals surface area contributed by atoms with Crippen LogP contribution < -0.4 is 0 Å². The topological polar surface area (TPSA) is 37.4 Å². The molecule has 0 saturated heterocycles. The van der Waals surface area contributed by atoms with Gasteiger partial charge in [0.05, 0.1) is 8.45 Å². The van der Waals surface area contributed by atoms with Crippen molar-refractivity contribution in [2.75, 3.05) is 13.1 Å². The van der Waals surface area contributed by atoms with Crippen molar-refractivity contribution in [3.8, 4) is 10.4 Å². The molecule has 0 fully saturated rings. The molecule has 0 aliphatic heterocycles. The second-order valence-electron chi connectivity index (χ2n) is 4.52. The minimum Gasteiger partial charge on any atom is -0.339 e. The van der Waals surface area contributed by atoms with Crippen LogP contribution in [0.5, 0.6) is 0 Å². The van der Waals surface area contributed by atoms with E-state index in [4.69, 9.17) is 0 Å². The van der Waals surface area contributed by atoms with Crippen LogP contribution in [0.3, 0.4) is 0 Å². The minimum absolute atomic E-state index is 0.0800. The van der Waals surface area contributed by atoms with E-state index in [1.807, 2.05) is 36.9 Å². The zero-order valence-corrected chi connectivity index (χ0v) is 14.9. The molecule has 0 spiro atoms. The van der Waals surface area contributed by atoms with Crippen LogP contribution in [0, 0.1) is 2.88 Å². The predicted molar refractivity (Wildman–Crippen MR) is 95.1 cm³/mol. The van der Waals surface area contributed by atoms with Crippen molar-refractivity contribution in [3.05, 3.63) is 44.3 Å². The summed E-state index contributed by atoms with van der Waals surface area (Å²) >= 11 is 3.82. The lowest BCUT2D eigenvalue weighted by Gasteiger charge is -2.17. The first-order valence-corrected chi connectivity index (χ1v) is 8.64. The molecule has 2 rings (SSSR count). The van der Waals surface area contributed by atoms with Crippen molar-refractivity contribution < 1.29 is 9.59 Å². The molecule has 0 atom stereocenters. The largest absolute Gasteiger partial charge is 0.339 e. The third kappa shape index (κ3) is 3.52. The van der Waals surface area contributed by atoms with Crippen LogP contribution in [0.1, 0.15) is 34.6 Å². The molecule has 0 saturated carbocycles. The van der Waals surface area contributed by atoms with Gasteiger partial charge in [-0.2, -0.15) is 0 Å². The Labute approximate surface area is 142 Å². The Balaban J connectivity index is 2.33. The molecule has 0 unspecified atom stereocenters. The summed E-state index contributed by atoms with van der Waals surface area (Å²) in [5.41, 5.74) is 2.45. The number of hydrogen-bond acceptors (Lipinski definition) is 3. The Bertz CT molecular complexity index is 645. The summed E-state index contributed by atoms with van der Waals surface area (Å²) in [6, 6.07) is 9.36. The van der Waals surface area contributed by atoms with E-state index in [0.717, 1.165) is 25.2 Å². The van der Waals surface area contributed by atoms with Gasteiger partial charge in [-0.25, -0.2) is 0 Å². The molecule has 5 heteroatoms. The molecule has 1 heterocycles. The monoisotopic (exact) mass is 413 g/mol. The van der Waals surface area contributed by atoms with Gasteiger partial charge in [0.25, 0.3) is 5.91 Å². The third-order valence-corrected chi connectivity index (χ3v) is 5.51. The first kappa shape index (κ1) is 16.2. The summed E-state index contributed by atoms with van der Waals surface area (Å²) in [5.74, 6) is 0.0800. The maximum atomic E-state index is 12.5. The molecule has 1 aromatic carbocycles. The molecule has 0 bridgehead atoms. The number of aldehydes is 1. The molecule has 0 N–H and O–H groups in total. The molecule has 21 heavy (non-hydrogen) atoms. The van der Waals surface area contributed by atoms with E-state index in [2.05, 4.69) is 22.6 Å². The van der Waals surface area contributed by atoms with Gasteiger partial charge in [-0.3, -0.25) is 9.59 Å². The van der Waals surface area contributed by atoms with Gasteiger partial charge in [-0.15, -0.1) is 11.3 Å². The van der Waals surface area contributed by atoms with Gasteiger partial charge in [0, 0.05) is 23.5 Å². The van der Waals surface area contributed by atoms with Crippen molar-refractivity contribution in [1.29, 1.82) is 0 Å². The summed E-state index contributed by atoms with van der Waals surface area (Å²) in [6.07, 6.45) is 0.831. The quantitative estimate of drug-likeness (QED) is 0.541. The second-order valence-corrected chi connectivity index (χ2v) is 7.38. The maximum Gasteiger partial charge on any atom is 0.255 e. The zero-order chi connectivity index (χ0) is 15.4. The molecule has 3 nitrogen and oxygen atoms in total. The minimum atomic E-state index is 0.0800. The number of amides is 1. The Kier molecular flexibility index (Phi) is 5.52. The van der Waals surface area contributed by atoms with Crippen molar-refractivity contribution >= 4 is 46.1 Å². The average Bonchev–Trinajstić information content (AvgIpc) is 2.90. The fraction of sp³-hybridized carbons (Fsp3) is 0.250. The molecular formula is C16H16INO2S. The van der Waals surface area contributed by atoms with E-state index >= 15 is 0 Å². The fourth-order valence-electron chi connectivity index (χ4n) is 2.06. The van der Waals surface area contributed by atoms with Crippen LogP contribution in [0.15, 0.2) is 30.3 Å². The zero-order valence-electron chi connectivity index (χ0n) is 11.9.